The van der Waals surface area contributed by atoms with Gasteiger partial charge in [0.2, 0.25) is 5.89 Å². The van der Waals surface area contributed by atoms with Gasteiger partial charge in [0, 0.05) is 5.56 Å². The zero-order valence-corrected chi connectivity index (χ0v) is 10.4. The van der Waals surface area contributed by atoms with Crippen LogP contribution in [-0.2, 0) is 0 Å². The lowest BCUT2D eigenvalue weighted by Gasteiger charge is -1.96. The number of hydrogen-bond donors (Lipinski definition) is 1. The van der Waals surface area contributed by atoms with Gasteiger partial charge < -0.3 is 10.2 Å². The summed E-state index contributed by atoms with van der Waals surface area (Å²) >= 11 is 0. The van der Waals surface area contributed by atoms with Crippen molar-refractivity contribution in [2.75, 3.05) is 5.73 Å². The van der Waals surface area contributed by atoms with E-state index in [0.717, 1.165) is 16.6 Å². The van der Waals surface area contributed by atoms with E-state index >= 15 is 0 Å². The molecule has 2 N–H and O–H groups in total. The van der Waals surface area contributed by atoms with Gasteiger partial charge in [0.05, 0.1) is 5.69 Å². The number of nitrogens with two attached hydrogens (primary N) is 1. The monoisotopic (exact) mass is 238 g/mol. The van der Waals surface area contributed by atoms with Crippen molar-refractivity contribution >= 4 is 16.8 Å². The third-order valence-corrected chi connectivity index (χ3v) is 2.96. The molecule has 90 valence electrons. The number of benzene rings is 2. The molecule has 0 spiro atoms. The van der Waals surface area contributed by atoms with Gasteiger partial charge >= 0.3 is 0 Å². The zero-order chi connectivity index (χ0) is 12.7. The second kappa shape index (κ2) is 3.88. The van der Waals surface area contributed by atoms with E-state index in [4.69, 9.17) is 10.2 Å². The molecule has 1 heterocycles. The molecule has 3 nitrogen and oxygen atoms in total. The van der Waals surface area contributed by atoms with E-state index in [2.05, 4.69) is 11.9 Å². The third-order valence-electron chi connectivity index (χ3n) is 2.96. The number of hydrogen-bond acceptors (Lipinski definition) is 3. The van der Waals surface area contributed by atoms with Crippen molar-refractivity contribution in [3.05, 3.63) is 47.5 Å². The highest BCUT2D eigenvalue weighted by atomic mass is 16.3. The van der Waals surface area contributed by atoms with Crippen molar-refractivity contribution in [3.63, 3.8) is 0 Å². The molecule has 0 aliphatic rings. The molecule has 3 aromatic rings. The second-order valence-electron chi connectivity index (χ2n) is 4.59. The van der Waals surface area contributed by atoms with Gasteiger partial charge in [-0.05, 0) is 43.7 Å². The number of aromatic nitrogens is 1. The lowest BCUT2D eigenvalue weighted by Crippen LogP contribution is -1.86. The van der Waals surface area contributed by atoms with Crippen LogP contribution in [0.4, 0.5) is 5.69 Å². The fourth-order valence-electron chi connectivity index (χ4n) is 2.02. The van der Waals surface area contributed by atoms with Gasteiger partial charge in [0.25, 0.3) is 0 Å². The Kier molecular flexibility index (Phi) is 2.33. The molecule has 0 saturated carbocycles. The summed E-state index contributed by atoms with van der Waals surface area (Å²) in [6, 6.07) is 12.0. The molecule has 0 fully saturated rings. The highest BCUT2D eigenvalue weighted by Gasteiger charge is 2.10. The van der Waals surface area contributed by atoms with E-state index in [1.165, 1.54) is 5.56 Å². The molecule has 0 unspecified atom stereocenters. The van der Waals surface area contributed by atoms with Gasteiger partial charge in [-0.2, -0.15) is 0 Å². The molecule has 3 heteroatoms. The molecule has 0 radical (unpaired) electrons. The summed E-state index contributed by atoms with van der Waals surface area (Å²) in [4.78, 5) is 4.49. The fourth-order valence-corrected chi connectivity index (χ4v) is 2.02. The van der Waals surface area contributed by atoms with Crippen molar-refractivity contribution in [2.45, 2.75) is 13.8 Å². The van der Waals surface area contributed by atoms with Crippen LogP contribution in [0, 0.1) is 13.8 Å². The Morgan fingerprint density at radius 3 is 2.44 bits per heavy atom. The minimum atomic E-state index is 0.613. The summed E-state index contributed by atoms with van der Waals surface area (Å²) in [5, 5.41) is 0. The summed E-state index contributed by atoms with van der Waals surface area (Å²) in [5.74, 6) is 0.613. The predicted molar refractivity (Wildman–Crippen MR) is 73.3 cm³/mol. The topological polar surface area (TPSA) is 52.0 Å². The molecule has 18 heavy (non-hydrogen) atoms. The van der Waals surface area contributed by atoms with Gasteiger partial charge in [-0.1, -0.05) is 17.7 Å². The Bertz CT molecular complexity index is 711. The van der Waals surface area contributed by atoms with E-state index < -0.39 is 0 Å². The number of nitrogens with zero attached hydrogens (tertiary/aromatic N) is 1. The third kappa shape index (κ3) is 1.74. The Hall–Kier alpha value is -2.29. The highest BCUT2D eigenvalue weighted by molar-refractivity contribution is 5.87. The number of oxazole rings is 1. The van der Waals surface area contributed by atoms with E-state index in [1.807, 2.05) is 43.3 Å². The molecule has 1 aromatic heterocycles. The number of rotatable bonds is 1. The zero-order valence-electron chi connectivity index (χ0n) is 10.4. The summed E-state index contributed by atoms with van der Waals surface area (Å²) < 4.78 is 5.74. The summed E-state index contributed by atoms with van der Waals surface area (Å²) in [6.45, 7) is 4.05. The minimum Gasteiger partial charge on any atom is -0.434 e. The van der Waals surface area contributed by atoms with E-state index in [1.54, 1.807) is 0 Å². The Morgan fingerprint density at radius 2 is 1.72 bits per heavy atom. The first-order valence-corrected chi connectivity index (χ1v) is 5.87. The number of nitrogen functional groups attached to an aromatic ring is 1. The number of aryl methyl sites for hydroxylation is 2. The molecule has 0 aliphatic heterocycles. The second-order valence-corrected chi connectivity index (χ2v) is 4.59. The van der Waals surface area contributed by atoms with Gasteiger partial charge in [-0.25, -0.2) is 4.98 Å². The molecule has 0 aliphatic carbocycles. The first-order valence-electron chi connectivity index (χ1n) is 5.87. The normalized spacial score (nSPS) is 11.0. The maximum atomic E-state index is 5.94. The first kappa shape index (κ1) is 10.8. The predicted octanol–water partition coefficient (Wildman–Crippen LogP) is 3.69. The quantitative estimate of drug-likeness (QED) is 0.658. The van der Waals surface area contributed by atoms with E-state index in [9.17, 15) is 0 Å². The SMILES string of the molecule is Cc1ccc(-c2nc3cc(C)cc(N)c3o2)cc1. The average Bonchev–Trinajstić information content (AvgIpc) is 2.74. The van der Waals surface area contributed by atoms with Crippen LogP contribution in [0.5, 0.6) is 0 Å². The van der Waals surface area contributed by atoms with E-state index in [0.29, 0.717) is 17.2 Å². The minimum absolute atomic E-state index is 0.613. The van der Waals surface area contributed by atoms with Crippen molar-refractivity contribution in [1.82, 2.24) is 4.98 Å². The molecular formula is C15H14N2O. The average molecular weight is 238 g/mol. The van der Waals surface area contributed by atoms with Gasteiger partial charge in [-0.3, -0.25) is 0 Å². The molecular weight excluding hydrogens is 224 g/mol. The molecule has 0 atom stereocenters. The lowest BCUT2D eigenvalue weighted by atomic mass is 10.1. The molecule has 3 rings (SSSR count). The van der Waals surface area contributed by atoms with Crippen LogP contribution in [0.1, 0.15) is 11.1 Å². The van der Waals surface area contributed by atoms with Crippen LogP contribution in [-0.4, -0.2) is 4.98 Å². The summed E-state index contributed by atoms with van der Waals surface area (Å²) in [6.07, 6.45) is 0. The van der Waals surface area contributed by atoms with Crippen molar-refractivity contribution in [1.29, 1.82) is 0 Å². The van der Waals surface area contributed by atoms with Crippen LogP contribution >= 0.6 is 0 Å². The van der Waals surface area contributed by atoms with Crippen LogP contribution < -0.4 is 5.73 Å². The highest BCUT2D eigenvalue weighted by Crippen LogP contribution is 2.28. The number of anilines is 1. The Morgan fingerprint density at radius 1 is 1.00 bits per heavy atom. The Balaban J connectivity index is 2.19. The maximum absolute atomic E-state index is 5.94. The van der Waals surface area contributed by atoms with Crippen LogP contribution in [0.3, 0.4) is 0 Å². The number of fused-ring (bicyclic) bond motifs is 1. The van der Waals surface area contributed by atoms with Crippen LogP contribution in [0.25, 0.3) is 22.6 Å². The standard InChI is InChI=1S/C15H14N2O/c1-9-3-5-11(6-4-9)15-17-13-8-10(2)7-12(16)14(13)18-15/h3-8H,16H2,1-2H3. The lowest BCUT2D eigenvalue weighted by molar-refractivity contribution is 0.621. The van der Waals surface area contributed by atoms with E-state index in [-0.39, 0.29) is 0 Å². The van der Waals surface area contributed by atoms with Crippen molar-refractivity contribution in [3.8, 4) is 11.5 Å². The smallest absolute Gasteiger partial charge is 0.227 e. The summed E-state index contributed by atoms with van der Waals surface area (Å²) in [7, 11) is 0. The van der Waals surface area contributed by atoms with Crippen LogP contribution in [0.15, 0.2) is 40.8 Å². The van der Waals surface area contributed by atoms with Gasteiger partial charge in [-0.15, -0.1) is 0 Å². The maximum Gasteiger partial charge on any atom is 0.227 e. The first-order chi connectivity index (χ1) is 8.63. The van der Waals surface area contributed by atoms with Crippen LogP contribution in [0.2, 0.25) is 0 Å². The largest absolute Gasteiger partial charge is 0.434 e. The van der Waals surface area contributed by atoms with Gasteiger partial charge in [0.1, 0.15) is 5.52 Å². The van der Waals surface area contributed by atoms with Crippen molar-refractivity contribution in [2.24, 2.45) is 0 Å². The Labute approximate surface area is 105 Å². The summed E-state index contributed by atoms with van der Waals surface area (Å²) in [5.41, 5.74) is 11.3. The fraction of sp³-hybridized carbons (Fsp3) is 0.133. The van der Waals surface area contributed by atoms with Gasteiger partial charge in [0.15, 0.2) is 5.58 Å². The molecule has 0 saturated heterocycles. The van der Waals surface area contributed by atoms with Crippen molar-refractivity contribution < 1.29 is 4.42 Å². The molecule has 0 amide bonds. The molecule has 2 aromatic carbocycles. The molecule has 0 bridgehead atoms.